The number of benzene rings is 3. The van der Waals surface area contributed by atoms with E-state index < -0.39 is 0 Å². The summed E-state index contributed by atoms with van der Waals surface area (Å²) in [6.07, 6.45) is 1.08. The number of hydrogen-bond acceptors (Lipinski definition) is 0. The molecule has 4 aromatic rings. The molecular weight excluding hydrogens is 290 g/mol. The molecule has 0 saturated carbocycles. The summed E-state index contributed by atoms with van der Waals surface area (Å²) in [5.74, 6) is 0. The molecule has 0 unspecified atom stereocenters. The quantitative estimate of drug-likeness (QED) is 0.386. The van der Waals surface area contributed by atoms with E-state index in [2.05, 4.69) is 87.8 Å². The third-order valence-electron chi connectivity index (χ3n) is 5.31. The SMILES string of the molecule is CCc1ccc2c(ccc3c4ccc(C(C)(C)C)cc4n(C)c23)c1. The largest absolute Gasteiger partial charge is 0.343 e. The molecule has 0 amide bonds. The van der Waals surface area contributed by atoms with Crippen LogP contribution < -0.4 is 0 Å². The van der Waals surface area contributed by atoms with E-state index in [1.54, 1.807) is 0 Å². The van der Waals surface area contributed by atoms with Crippen LogP contribution in [-0.4, -0.2) is 4.57 Å². The van der Waals surface area contributed by atoms with Crippen molar-refractivity contribution >= 4 is 32.6 Å². The van der Waals surface area contributed by atoms with Gasteiger partial charge < -0.3 is 4.57 Å². The fraction of sp³-hybridized carbons (Fsp3) is 0.304. The van der Waals surface area contributed by atoms with Crippen molar-refractivity contribution < 1.29 is 0 Å². The Labute approximate surface area is 143 Å². The van der Waals surface area contributed by atoms with E-state index in [-0.39, 0.29) is 5.41 Å². The van der Waals surface area contributed by atoms with Crippen LogP contribution in [0.5, 0.6) is 0 Å². The Balaban J connectivity index is 2.12. The van der Waals surface area contributed by atoms with Gasteiger partial charge in [0.15, 0.2) is 0 Å². The van der Waals surface area contributed by atoms with Gasteiger partial charge in [-0.05, 0) is 34.4 Å². The highest BCUT2D eigenvalue weighted by Crippen LogP contribution is 2.36. The Hall–Kier alpha value is -2.28. The van der Waals surface area contributed by atoms with Gasteiger partial charge in [0.05, 0.1) is 5.52 Å². The molecule has 0 fully saturated rings. The predicted molar refractivity (Wildman–Crippen MR) is 106 cm³/mol. The van der Waals surface area contributed by atoms with Crippen molar-refractivity contribution in [3.63, 3.8) is 0 Å². The number of hydrogen-bond donors (Lipinski definition) is 0. The van der Waals surface area contributed by atoms with Gasteiger partial charge in [-0.3, -0.25) is 0 Å². The summed E-state index contributed by atoms with van der Waals surface area (Å²) >= 11 is 0. The molecular formula is C23H25N. The highest BCUT2D eigenvalue weighted by atomic mass is 14.9. The topological polar surface area (TPSA) is 4.93 Å². The van der Waals surface area contributed by atoms with Gasteiger partial charge >= 0.3 is 0 Å². The van der Waals surface area contributed by atoms with Crippen molar-refractivity contribution in [3.8, 4) is 0 Å². The molecule has 1 aromatic heterocycles. The van der Waals surface area contributed by atoms with Gasteiger partial charge in [-0.25, -0.2) is 0 Å². The van der Waals surface area contributed by atoms with Crippen LogP contribution in [0, 0.1) is 0 Å². The number of nitrogens with zero attached hydrogens (tertiary/aromatic N) is 1. The lowest BCUT2D eigenvalue weighted by Crippen LogP contribution is -2.10. The average Bonchev–Trinajstić information content (AvgIpc) is 2.86. The molecule has 0 spiro atoms. The highest BCUT2D eigenvalue weighted by molar-refractivity contribution is 6.17. The lowest BCUT2D eigenvalue weighted by atomic mass is 9.86. The van der Waals surface area contributed by atoms with Crippen LogP contribution >= 0.6 is 0 Å². The minimum Gasteiger partial charge on any atom is -0.343 e. The minimum atomic E-state index is 0.169. The maximum absolute atomic E-state index is 2.37. The molecule has 0 N–H and O–H groups in total. The molecule has 0 aliphatic rings. The molecule has 0 aliphatic heterocycles. The van der Waals surface area contributed by atoms with Gasteiger partial charge in [0.25, 0.3) is 0 Å². The first-order chi connectivity index (χ1) is 11.4. The zero-order valence-corrected chi connectivity index (χ0v) is 15.3. The Morgan fingerprint density at radius 2 is 1.54 bits per heavy atom. The van der Waals surface area contributed by atoms with Crippen molar-refractivity contribution in [3.05, 3.63) is 59.7 Å². The summed E-state index contributed by atoms with van der Waals surface area (Å²) < 4.78 is 2.37. The van der Waals surface area contributed by atoms with Gasteiger partial charge in [-0.15, -0.1) is 0 Å². The average molecular weight is 315 g/mol. The molecule has 0 bridgehead atoms. The zero-order valence-electron chi connectivity index (χ0n) is 15.3. The summed E-state index contributed by atoms with van der Waals surface area (Å²) in [5.41, 5.74) is 5.62. The van der Waals surface area contributed by atoms with Gasteiger partial charge in [0, 0.05) is 28.7 Å². The summed E-state index contributed by atoms with van der Waals surface area (Å²) in [5, 5.41) is 5.39. The minimum absolute atomic E-state index is 0.169. The molecule has 1 heteroatoms. The summed E-state index contributed by atoms with van der Waals surface area (Å²) in [4.78, 5) is 0. The second kappa shape index (κ2) is 5.11. The lowest BCUT2D eigenvalue weighted by Gasteiger charge is -2.19. The molecule has 0 radical (unpaired) electrons. The Morgan fingerprint density at radius 1 is 0.833 bits per heavy atom. The van der Waals surface area contributed by atoms with Gasteiger partial charge in [-0.2, -0.15) is 0 Å². The first kappa shape index (κ1) is 15.3. The summed E-state index contributed by atoms with van der Waals surface area (Å²) in [6.45, 7) is 9.04. The fourth-order valence-corrected chi connectivity index (χ4v) is 3.79. The lowest BCUT2D eigenvalue weighted by molar-refractivity contribution is 0.591. The van der Waals surface area contributed by atoms with Gasteiger partial charge in [-0.1, -0.05) is 70.2 Å². The van der Waals surface area contributed by atoms with E-state index in [1.165, 1.54) is 43.7 Å². The number of aromatic nitrogens is 1. The standard InChI is InChI=1S/C23H25N/c1-6-15-7-10-18-16(13-15)8-11-20-19-12-9-17(23(2,3)4)14-21(19)24(5)22(18)20/h7-14H,6H2,1-5H3. The van der Waals surface area contributed by atoms with E-state index in [9.17, 15) is 0 Å². The van der Waals surface area contributed by atoms with E-state index >= 15 is 0 Å². The van der Waals surface area contributed by atoms with Gasteiger partial charge in [0.1, 0.15) is 0 Å². The van der Waals surface area contributed by atoms with E-state index in [1.807, 2.05) is 0 Å². The van der Waals surface area contributed by atoms with E-state index in [0.29, 0.717) is 0 Å². The van der Waals surface area contributed by atoms with E-state index in [0.717, 1.165) is 6.42 Å². The number of aryl methyl sites for hydroxylation is 2. The monoisotopic (exact) mass is 315 g/mol. The van der Waals surface area contributed by atoms with Crippen molar-refractivity contribution in [1.29, 1.82) is 0 Å². The Bertz CT molecular complexity index is 1070. The number of fused-ring (bicyclic) bond motifs is 5. The Kier molecular flexibility index (Phi) is 3.25. The maximum atomic E-state index is 2.37. The first-order valence-corrected chi connectivity index (χ1v) is 8.84. The first-order valence-electron chi connectivity index (χ1n) is 8.84. The molecule has 0 aliphatic carbocycles. The number of rotatable bonds is 1. The van der Waals surface area contributed by atoms with Crippen LogP contribution in [0.1, 0.15) is 38.8 Å². The third kappa shape index (κ3) is 2.15. The second-order valence-corrected chi connectivity index (χ2v) is 7.91. The third-order valence-corrected chi connectivity index (χ3v) is 5.31. The van der Waals surface area contributed by atoms with Crippen molar-refractivity contribution in [2.24, 2.45) is 7.05 Å². The molecule has 24 heavy (non-hydrogen) atoms. The molecule has 122 valence electrons. The van der Waals surface area contributed by atoms with Crippen molar-refractivity contribution in [2.75, 3.05) is 0 Å². The normalized spacial score (nSPS) is 12.5. The predicted octanol–water partition coefficient (Wildman–Crippen LogP) is 6.34. The zero-order chi connectivity index (χ0) is 17.1. The molecule has 1 heterocycles. The molecule has 4 rings (SSSR count). The molecule has 0 atom stereocenters. The molecule has 3 aromatic carbocycles. The van der Waals surface area contributed by atoms with Crippen LogP contribution in [0.25, 0.3) is 32.6 Å². The van der Waals surface area contributed by atoms with Crippen LogP contribution in [0.15, 0.2) is 48.5 Å². The summed E-state index contributed by atoms with van der Waals surface area (Å²) in [7, 11) is 2.20. The fourth-order valence-electron chi connectivity index (χ4n) is 3.79. The van der Waals surface area contributed by atoms with Crippen LogP contribution in [0.4, 0.5) is 0 Å². The summed E-state index contributed by atoms with van der Waals surface area (Å²) in [6, 6.07) is 18.4. The van der Waals surface area contributed by atoms with Gasteiger partial charge in [0.2, 0.25) is 0 Å². The van der Waals surface area contributed by atoms with E-state index in [4.69, 9.17) is 0 Å². The smallest absolute Gasteiger partial charge is 0.0568 e. The van der Waals surface area contributed by atoms with Crippen LogP contribution in [-0.2, 0) is 18.9 Å². The second-order valence-electron chi connectivity index (χ2n) is 7.91. The Morgan fingerprint density at radius 3 is 2.25 bits per heavy atom. The molecule has 0 saturated heterocycles. The van der Waals surface area contributed by atoms with Crippen molar-refractivity contribution in [2.45, 2.75) is 39.5 Å². The van der Waals surface area contributed by atoms with Crippen molar-refractivity contribution in [1.82, 2.24) is 4.57 Å². The van der Waals surface area contributed by atoms with Crippen LogP contribution in [0.3, 0.4) is 0 Å². The van der Waals surface area contributed by atoms with Crippen LogP contribution in [0.2, 0.25) is 0 Å². The highest BCUT2D eigenvalue weighted by Gasteiger charge is 2.17. The maximum Gasteiger partial charge on any atom is 0.0568 e. The molecule has 1 nitrogen and oxygen atoms in total.